The summed E-state index contributed by atoms with van der Waals surface area (Å²) in [5, 5.41) is 12.5. The van der Waals surface area contributed by atoms with Crippen LogP contribution in [0.3, 0.4) is 0 Å². The highest BCUT2D eigenvalue weighted by atomic mass is 16.5. The highest BCUT2D eigenvalue weighted by Gasteiger charge is 2.24. The van der Waals surface area contributed by atoms with Crippen LogP contribution in [0.2, 0.25) is 0 Å². The number of hydrogen-bond acceptors (Lipinski definition) is 3. The Morgan fingerprint density at radius 3 is 2.95 bits per heavy atom. The van der Waals surface area contributed by atoms with Crippen LogP contribution in [-0.4, -0.2) is 28.8 Å². The largest absolute Gasteiger partial charge is 0.479 e. The molecule has 3 N–H and O–H groups in total. The second kappa shape index (κ2) is 5.92. The molecule has 0 saturated carbocycles. The van der Waals surface area contributed by atoms with E-state index in [4.69, 9.17) is 4.74 Å². The summed E-state index contributed by atoms with van der Waals surface area (Å²) < 4.78 is 4.75. The monoisotopic (exact) mass is 274 g/mol. The SMILES string of the molecule is C=CCOC(=O)NC(C(=O)O)c1cccc2cc[nH]c12. The van der Waals surface area contributed by atoms with Gasteiger partial charge in [-0.2, -0.15) is 0 Å². The standard InChI is InChI=1S/C14H14N2O4/c1-2-8-20-14(19)16-12(13(17)18)10-5-3-4-9-6-7-15-11(9)10/h2-7,12,15H,1,8H2,(H,16,19)(H,17,18). The van der Waals surface area contributed by atoms with Gasteiger partial charge in [0.25, 0.3) is 0 Å². The molecule has 0 aliphatic heterocycles. The van der Waals surface area contributed by atoms with E-state index in [0.717, 1.165) is 5.39 Å². The normalized spacial score (nSPS) is 11.8. The van der Waals surface area contributed by atoms with Crippen molar-refractivity contribution in [3.63, 3.8) is 0 Å². The molecule has 0 aliphatic carbocycles. The number of H-pyrrole nitrogens is 1. The van der Waals surface area contributed by atoms with Crippen molar-refractivity contribution in [2.24, 2.45) is 0 Å². The highest BCUT2D eigenvalue weighted by molar-refractivity contribution is 5.90. The van der Waals surface area contributed by atoms with Gasteiger partial charge in [0.1, 0.15) is 6.61 Å². The van der Waals surface area contributed by atoms with E-state index in [1.54, 1.807) is 18.3 Å². The molecular weight excluding hydrogens is 260 g/mol. The zero-order chi connectivity index (χ0) is 14.5. The van der Waals surface area contributed by atoms with Gasteiger partial charge in [0.2, 0.25) is 0 Å². The predicted molar refractivity (Wildman–Crippen MR) is 73.4 cm³/mol. The Labute approximate surface area is 115 Å². The molecule has 0 radical (unpaired) electrons. The van der Waals surface area contributed by atoms with E-state index in [1.807, 2.05) is 12.1 Å². The van der Waals surface area contributed by atoms with Crippen LogP contribution in [0.15, 0.2) is 43.1 Å². The average molecular weight is 274 g/mol. The molecule has 1 aromatic carbocycles. The van der Waals surface area contributed by atoms with Crippen LogP contribution >= 0.6 is 0 Å². The van der Waals surface area contributed by atoms with Crippen molar-refractivity contribution in [2.75, 3.05) is 6.61 Å². The van der Waals surface area contributed by atoms with E-state index in [1.165, 1.54) is 6.08 Å². The lowest BCUT2D eigenvalue weighted by Crippen LogP contribution is -2.34. The number of rotatable bonds is 5. The summed E-state index contributed by atoms with van der Waals surface area (Å²) in [6, 6.07) is 5.87. The van der Waals surface area contributed by atoms with Crippen LogP contribution < -0.4 is 5.32 Å². The quantitative estimate of drug-likeness (QED) is 0.729. The first kappa shape index (κ1) is 13.7. The van der Waals surface area contributed by atoms with Crippen LogP contribution in [0.5, 0.6) is 0 Å². The van der Waals surface area contributed by atoms with Gasteiger partial charge in [-0.15, -0.1) is 0 Å². The molecule has 1 aromatic heterocycles. The van der Waals surface area contributed by atoms with Crippen molar-refractivity contribution in [3.05, 3.63) is 48.7 Å². The molecule has 2 aromatic rings. The fourth-order valence-electron chi connectivity index (χ4n) is 1.92. The minimum atomic E-state index is -1.19. The van der Waals surface area contributed by atoms with Gasteiger partial charge in [0.05, 0.1) is 5.52 Å². The fraction of sp³-hybridized carbons (Fsp3) is 0.143. The summed E-state index contributed by atoms with van der Waals surface area (Å²) in [5.41, 5.74) is 1.14. The fourth-order valence-corrected chi connectivity index (χ4v) is 1.92. The van der Waals surface area contributed by atoms with Crippen LogP contribution in [0, 0.1) is 0 Å². The lowest BCUT2D eigenvalue weighted by molar-refractivity contribution is -0.139. The topological polar surface area (TPSA) is 91.4 Å². The molecular formula is C14H14N2O4. The smallest absolute Gasteiger partial charge is 0.408 e. The minimum Gasteiger partial charge on any atom is -0.479 e. The van der Waals surface area contributed by atoms with Gasteiger partial charge in [-0.05, 0) is 11.5 Å². The summed E-state index contributed by atoms with van der Waals surface area (Å²) in [6.45, 7) is 3.43. The molecule has 0 aliphatic rings. The summed E-state index contributed by atoms with van der Waals surface area (Å²) in [4.78, 5) is 25.8. The minimum absolute atomic E-state index is 0.0187. The lowest BCUT2D eigenvalue weighted by atomic mass is 10.0. The summed E-state index contributed by atoms with van der Waals surface area (Å²) in [6.07, 6.45) is 2.31. The van der Waals surface area contributed by atoms with Gasteiger partial charge in [0.15, 0.2) is 6.04 Å². The molecule has 1 unspecified atom stereocenters. The third-order valence-corrected chi connectivity index (χ3v) is 2.77. The molecule has 20 heavy (non-hydrogen) atoms. The van der Waals surface area contributed by atoms with Gasteiger partial charge in [-0.25, -0.2) is 9.59 Å². The Morgan fingerprint density at radius 1 is 1.45 bits per heavy atom. The van der Waals surface area contributed by atoms with Crippen molar-refractivity contribution >= 4 is 23.0 Å². The van der Waals surface area contributed by atoms with Crippen molar-refractivity contribution in [1.29, 1.82) is 0 Å². The molecule has 1 amide bonds. The molecule has 6 heteroatoms. The number of benzene rings is 1. The summed E-state index contributed by atoms with van der Waals surface area (Å²) >= 11 is 0. The Hall–Kier alpha value is -2.76. The molecule has 0 saturated heterocycles. The zero-order valence-corrected chi connectivity index (χ0v) is 10.6. The van der Waals surface area contributed by atoms with Gasteiger partial charge in [-0.3, -0.25) is 0 Å². The number of carboxylic acid groups (broad SMARTS) is 1. The third kappa shape index (κ3) is 2.80. The van der Waals surface area contributed by atoms with Crippen molar-refractivity contribution in [1.82, 2.24) is 10.3 Å². The number of nitrogens with one attached hydrogen (secondary N) is 2. The van der Waals surface area contributed by atoms with Crippen LogP contribution in [-0.2, 0) is 9.53 Å². The second-order valence-corrected chi connectivity index (χ2v) is 4.09. The first-order valence-corrected chi connectivity index (χ1v) is 5.96. The number of carbonyl (C=O) groups excluding carboxylic acids is 1. The number of alkyl carbamates (subject to hydrolysis) is 1. The van der Waals surface area contributed by atoms with E-state index in [2.05, 4.69) is 16.9 Å². The first-order valence-electron chi connectivity index (χ1n) is 5.96. The van der Waals surface area contributed by atoms with E-state index in [0.29, 0.717) is 11.1 Å². The number of carbonyl (C=O) groups is 2. The van der Waals surface area contributed by atoms with Crippen LogP contribution in [0.1, 0.15) is 11.6 Å². The van der Waals surface area contributed by atoms with Gasteiger partial charge >= 0.3 is 12.1 Å². The number of para-hydroxylation sites is 1. The van der Waals surface area contributed by atoms with E-state index >= 15 is 0 Å². The van der Waals surface area contributed by atoms with Crippen LogP contribution in [0.4, 0.5) is 4.79 Å². The summed E-state index contributed by atoms with van der Waals surface area (Å²) in [7, 11) is 0. The maximum Gasteiger partial charge on any atom is 0.408 e. The number of fused-ring (bicyclic) bond motifs is 1. The molecule has 0 bridgehead atoms. The maximum absolute atomic E-state index is 11.5. The van der Waals surface area contributed by atoms with Gasteiger partial charge in [-0.1, -0.05) is 30.9 Å². The number of aromatic nitrogens is 1. The molecule has 2 rings (SSSR count). The van der Waals surface area contributed by atoms with Gasteiger partial charge in [0, 0.05) is 11.8 Å². The highest BCUT2D eigenvalue weighted by Crippen LogP contribution is 2.23. The lowest BCUT2D eigenvalue weighted by Gasteiger charge is -2.15. The molecule has 0 fully saturated rings. The summed E-state index contributed by atoms with van der Waals surface area (Å²) in [5.74, 6) is -1.16. The molecule has 0 spiro atoms. The Kier molecular flexibility index (Phi) is 4.05. The number of ether oxygens (including phenoxy) is 1. The molecule has 1 atom stereocenters. The number of hydrogen-bond donors (Lipinski definition) is 3. The van der Waals surface area contributed by atoms with Crippen molar-refractivity contribution < 1.29 is 19.4 Å². The van der Waals surface area contributed by atoms with Gasteiger partial charge < -0.3 is 20.1 Å². The molecule has 104 valence electrons. The van der Waals surface area contributed by atoms with Crippen molar-refractivity contribution in [3.8, 4) is 0 Å². The van der Waals surface area contributed by atoms with Crippen LogP contribution in [0.25, 0.3) is 10.9 Å². The molecule has 6 nitrogen and oxygen atoms in total. The maximum atomic E-state index is 11.5. The first-order chi connectivity index (χ1) is 9.63. The Morgan fingerprint density at radius 2 is 2.25 bits per heavy atom. The predicted octanol–water partition coefficient (Wildman–Crippen LogP) is 2.21. The average Bonchev–Trinajstić information content (AvgIpc) is 2.90. The Balaban J connectivity index is 2.29. The zero-order valence-electron chi connectivity index (χ0n) is 10.6. The number of aromatic amines is 1. The Bertz CT molecular complexity index is 647. The van der Waals surface area contributed by atoms with E-state index in [9.17, 15) is 14.7 Å². The molecule has 1 heterocycles. The number of aliphatic carboxylic acids is 1. The second-order valence-electron chi connectivity index (χ2n) is 4.09. The van der Waals surface area contributed by atoms with Crippen molar-refractivity contribution in [2.45, 2.75) is 6.04 Å². The van der Waals surface area contributed by atoms with E-state index in [-0.39, 0.29) is 6.61 Å². The third-order valence-electron chi connectivity index (χ3n) is 2.77. The van der Waals surface area contributed by atoms with E-state index < -0.39 is 18.1 Å². The number of amides is 1. The number of carboxylic acids is 1.